The van der Waals surface area contributed by atoms with Crippen LogP contribution in [0.25, 0.3) is 0 Å². The maximum absolute atomic E-state index is 7.41. The molecule has 2 rings (SSSR count). The molecule has 1 aromatic heterocycles. The fourth-order valence-corrected chi connectivity index (χ4v) is 2.39. The van der Waals surface area contributed by atoms with E-state index in [-0.39, 0.29) is 5.41 Å². The minimum absolute atomic E-state index is 0.270. The summed E-state index contributed by atoms with van der Waals surface area (Å²) in [6.07, 6.45) is 6.91. The zero-order chi connectivity index (χ0) is 12.5. The molecule has 1 saturated carbocycles. The first-order valence-corrected chi connectivity index (χ1v) is 5.98. The third-order valence-corrected chi connectivity index (χ3v) is 3.46. The Labute approximate surface area is 102 Å². The molecule has 94 valence electrons. The molecule has 1 aromatic rings. The summed E-state index contributed by atoms with van der Waals surface area (Å²) in [6, 6.07) is 0. The second-order valence-electron chi connectivity index (χ2n) is 5.33. The van der Waals surface area contributed by atoms with Gasteiger partial charge < -0.3 is 10.3 Å². The fraction of sp³-hybridized carbons (Fsp3) is 0.667. The number of rotatable bonds is 6. The molecular formula is C12H21N5. The van der Waals surface area contributed by atoms with Crippen molar-refractivity contribution in [3.05, 3.63) is 18.2 Å². The molecule has 0 atom stereocenters. The Morgan fingerprint density at radius 2 is 2.35 bits per heavy atom. The zero-order valence-corrected chi connectivity index (χ0v) is 10.6. The van der Waals surface area contributed by atoms with Crippen LogP contribution < -0.4 is 5.73 Å². The van der Waals surface area contributed by atoms with Gasteiger partial charge in [-0.1, -0.05) is 0 Å². The average Bonchev–Trinajstić information content (AvgIpc) is 2.82. The van der Waals surface area contributed by atoms with E-state index in [0.29, 0.717) is 5.84 Å². The molecule has 1 heterocycles. The molecule has 0 amide bonds. The summed E-state index contributed by atoms with van der Waals surface area (Å²) in [5.41, 5.74) is 5.77. The number of nitrogens with zero attached hydrogens (tertiary/aromatic N) is 3. The smallest absolute Gasteiger partial charge is 0.122 e. The van der Waals surface area contributed by atoms with Gasteiger partial charge in [0.1, 0.15) is 5.82 Å². The van der Waals surface area contributed by atoms with Gasteiger partial charge in [-0.3, -0.25) is 10.3 Å². The quantitative estimate of drug-likeness (QED) is 0.570. The summed E-state index contributed by atoms with van der Waals surface area (Å²) >= 11 is 0. The molecule has 0 bridgehead atoms. The first kappa shape index (κ1) is 12.1. The van der Waals surface area contributed by atoms with Gasteiger partial charge in [0.15, 0.2) is 0 Å². The number of imidazole rings is 1. The Balaban J connectivity index is 1.87. The molecule has 0 saturated heterocycles. The normalized spacial score (nSPS) is 17.4. The third-order valence-electron chi connectivity index (χ3n) is 3.46. The maximum Gasteiger partial charge on any atom is 0.122 e. The highest BCUT2D eigenvalue weighted by molar-refractivity contribution is 5.78. The molecule has 5 heteroatoms. The molecular weight excluding hydrogens is 214 g/mol. The van der Waals surface area contributed by atoms with E-state index in [1.54, 1.807) is 0 Å². The second kappa shape index (κ2) is 4.49. The average molecular weight is 235 g/mol. The van der Waals surface area contributed by atoms with Crippen molar-refractivity contribution in [3.8, 4) is 0 Å². The van der Waals surface area contributed by atoms with Gasteiger partial charge in [0.2, 0.25) is 0 Å². The van der Waals surface area contributed by atoms with Crippen LogP contribution in [0.15, 0.2) is 12.4 Å². The Hall–Kier alpha value is -1.36. The van der Waals surface area contributed by atoms with Gasteiger partial charge in [0, 0.05) is 32.4 Å². The first-order valence-electron chi connectivity index (χ1n) is 5.98. The molecule has 0 spiro atoms. The van der Waals surface area contributed by atoms with Crippen molar-refractivity contribution < 1.29 is 0 Å². The molecule has 1 fully saturated rings. The van der Waals surface area contributed by atoms with Gasteiger partial charge in [-0.15, -0.1) is 0 Å². The van der Waals surface area contributed by atoms with E-state index in [9.17, 15) is 0 Å². The number of amidine groups is 1. The summed E-state index contributed by atoms with van der Waals surface area (Å²) < 4.78 is 2.04. The lowest BCUT2D eigenvalue weighted by atomic mass is 10.0. The van der Waals surface area contributed by atoms with E-state index < -0.39 is 0 Å². The van der Waals surface area contributed by atoms with Crippen molar-refractivity contribution in [2.75, 3.05) is 13.6 Å². The van der Waals surface area contributed by atoms with Crippen LogP contribution in [0.4, 0.5) is 0 Å². The van der Waals surface area contributed by atoms with Crippen LogP contribution in [0.2, 0.25) is 0 Å². The molecule has 3 N–H and O–H groups in total. The van der Waals surface area contributed by atoms with Crippen molar-refractivity contribution >= 4 is 5.84 Å². The standard InChI is InChI=1S/C12H21N5/c1-16(8-11-15-5-6-17(11)2)9-12(3-4-12)7-10(13)14/h5-6H,3-4,7-9H2,1-2H3,(H3,13,14). The van der Waals surface area contributed by atoms with Crippen LogP contribution in [-0.4, -0.2) is 33.9 Å². The highest BCUT2D eigenvalue weighted by atomic mass is 15.2. The minimum Gasteiger partial charge on any atom is -0.388 e. The first-order chi connectivity index (χ1) is 8.01. The number of nitrogens with one attached hydrogen (secondary N) is 1. The van der Waals surface area contributed by atoms with Crippen LogP contribution >= 0.6 is 0 Å². The lowest BCUT2D eigenvalue weighted by molar-refractivity contribution is 0.252. The van der Waals surface area contributed by atoms with Crippen molar-refractivity contribution in [1.29, 1.82) is 5.41 Å². The number of hydrogen-bond donors (Lipinski definition) is 2. The number of nitrogens with two attached hydrogens (primary N) is 1. The molecule has 17 heavy (non-hydrogen) atoms. The van der Waals surface area contributed by atoms with Crippen LogP contribution in [0, 0.1) is 10.8 Å². The van der Waals surface area contributed by atoms with E-state index in [0.717, 1.165) is 25.3 Å². The molecule has 0 aromatic carbocycles. The second-order valence-corrected chi connectivity index (χ2v) is 5.33. The summed E-state index contributed by atoms with van der Waals surface area (Å²) in [7, 11) is 4.12. The predicted octanol–water partition coefficient (Wildman–Crippen LogP) is 0.958. The Kier molecular flexibility index (Phi) is 3.19. The fourth-order valence-electron chi connectivity index (χ4n) is 2.39. The highest BCUT2D eigenvalue weighted by Gasteiger charge is 2.43. The summed E-state index contributed by atoms with van der Waals surface area (Å²) in [4.78, 5) is 6.60. The molecule has 1 aliphatic rings. The van der Waals surface area contributed by atoms with Gasteiger partial charge in [-0.05, 0) is 25.3 Å². The zero-order valence-electron chi connectivity index (χ0n) is 10.6. The Morgan fingerprint density at radius 1 is 1.65 bits per heavy atom. The van der Waals surface area contributed by atoms with Crippen molar-refractivity contribution in [1.82, 2.24) is 14.5 Å². The SMILES string of the molecule is CN(Cc1nccn1C)CC1(CC(=N)N)CC1. The van der Waals surface area contributed by atoms with E-state index >= 15 is 0 Å². The van der Waals surface area contributed by atoms with Crippen molar-refractivity contribution in [2.24, 2.45) is 18.2 Å². The van der Waals surface area contributed by atoms with E-state index in [4.69, 9.17) is 11.1 Å². The van der Waals surface area contributed by atoms with Gasteiger partial charge >= 0.3 is 0 Å². The van der Waals surface area contributed by atoms with E-state index in [1.807, 2.05) is 24.0 Å². The van der Waals surface area contributed by atoms with Crippen LogP contribution in [0.3, 0.4) is 0 Å². The third kappa shape index (κ3) is 3.06. The Bertz CT molecular complexity index is 405. The molecule has 0 unspecified atom stereocenters. The van der Waals surface area contributed by atoms with Gasteiger partial charge in [0.05, 0.1) is 12.4 Å². The summed E-state index contributed by atoms with van der Waals surface area (Å²) in [5, 5.41) is 7.41. The van der Waals surface area contributed by atoms with Crippen LogP contribution in [0.1, 0.15) is 25.1 Å². The number of hydrogen-bond acceptors (Lipinski definition) is 3. The van der Waals surface area contributed by atoms with Gasteiger partial charge in [-0.25, -0.2) is 4.98 Å². The lowest BCUT2D eigenvalue weighted by Gasteiger charge is -2.23. The highest BCUT2D eigenvalue weighted by Crippen LogP contribution is 2.49. The van der Waals surface area contributed by atoms with Gasteiger partial charge in [0.25, 0.3) is 0 Å². The number of aromatic nitrogens is 2. The van der Waals surface area contributed by atoms with Crippen molar-refractivity contribution in [2.45, 2.75) is 25.8 Å². The monoisotopic (exact) mass is 235 g/mol. The molecule has 0 radical (unpaired) electrons. The van der Waals surface area contributed by atoms with E-state index in [1.165, 1.54) is 12.8 Å². The topological polar surface area (TPSA) is 70.9 Å². The lowest BCUT2D eigenvalue weighted by Crippen LogP contribution is -2.30. The summed E-state index contributed by atoms with van der Waals surface area (Å²) in [5.74, 6) is 1.39. The predicted molar refractivity (Wildman–Crippen MR) is 67.7 cm³/mol. The van der Waals surface area contributed by atoms with Crippen LogP contribution in [0.5, 0.6) is 0 Å². The molecule has 0 aliphatic heterocycles. The summed E-state index contributed by atoms with van der Waals surface area (Å²) in [6.45, 7) is 1.85. The minimum atomic E-state index is 0.270. The van der Waals surface area contributed by atoms with Crippen LogP contribution in [-0.2, 0) is 13.6 Å². The number of aryl methyl sites for hydroxylation is 1. The molecule has 1 aliphatic carbocycles. The molecule has 5 nitrogen and oxygen atoms in total. The maximum atomic E-state index is 7.41. The largest absolute Gasteiger partial charge is 0.388 e. The van der Waals surface area contributed by atoms with E-state index in [2.05, 4.69) is 16.9 Å². The van der Waals surface area contributed by atoms with Gasteiger partial charge in [-0.2, -0.15) is 0 Å². The Morgan fingerprint density at radius 3 is 2.82 bits per heavy atom. The van der Waals surface area contributed by atoms with Crippen molar-refractivity contribution in [3.63, 3.8) is 0 Å².